The van der Waals surface area contributed by atoms with Gasteiger partial charge in [0.05, 0.1) is 0 Å². The standard InChI is InChI=1S/C16H14O2S.Na.H/c17-19(18,13-11-15-7-3-1-4-8-15)14-12-16-9-5-2-6-10-16;;/h1-14H;;. The average Bonchev–Trinajstić information content (AvgIpc) is 2.46. The molecule has 0 bridgehead atoms. The van der Waals surface area contributed by atoms with Gasteiger partial charge in [-0.05, 0) is 23.3 Å². The molecule has 2 nitrogen and oxygen atoms in total. The van der Waals surface area contributed by atoms with Crippen molar-refractivity contribution in [3.8, 4) is 0 Å². The van der Waals surface area contributed by atoms with E-state index in [1.54, 1.807) is 12.2 Å². The predicted molar refractivity (Wildman–Crippen MR) is 87.0 cm³/mol. The van der Waals surface area contributed by atoms with E-state index in [4.69, 9.17) is 0 Å². The Hall–Kier alpha value is -1.13. The summed E-state index contributed by atoms with van der Waals surface area (Å²) in [5.74, 6) is 0. The molecule has 0 saturated carbocycles. The monoisotopic (exact) mass is 294 g/mol. The number of hydrogen-bond acceptors (Lipinski definition) is 2. The summed E-state index contributed by atoms with van der Waals surface area (Å²) in [6.07, 6.45) is 3.18. The second-order valence-electron chi connectivity index (χ2n) is 4.02. The maximum atomic E-state index is 11.8. The molecule has 0 radical (unpaired) electrons. The summed E-state index contributed by atoms with van der Waals surface area (Å²) >= 11 is 0. The molecular formula is C16H15NaO2S. The summed E-state index contributed by atoms with van der Waals surface area (Å²) < 4.78 is 23.6. The molecule has 0 saturated heterocycles. The van der Waals surface area contributed by atoms with Crippen LogP contribution in [-0.4, -0.2) is 38.0 Å². The molecule has 20 heavy (non-hydrogen) atoms. The number of benzene rings is 2. The zero-order valence-electron chi connectivity index (χ0n) is 10.3. The van der Waals surface area contributed by atoms with Crippen molar-refractivity contribution in [1.82, 2.24) is 0 Å². The van der Waals surface area contributed by atoms with Crippen molar-refractivity contribution in [2.24, 2.45) is 0 Å². The van der Waals surface area contributed by atoms with Gasteiger partial charge >= 0.3 is 29.6 Å². The summed E-state index contributed by atoms with van der Waals surface area (Å²) in [5.41, 5.74) is 1.72. The van der Waals surface area contributed by atoms with Gasteiger partial charge in [0.15, 0.2) is 9.84 Å². The Morgan fingerprint density at radius 3 is 1.35 bits per heavy atom. The van der Waals surface area contributed by atoms with Gasteiger partial charge in [0.25, 0.3) is 0 Å². The van der Waals surface area contributed by atoms with E-state index in [0.29, 0.717) is 0 Å². The fraction of sp³-hybridized carbons (Fsp3) is 0. The van der Waals surface area contributed by atoms with Crippen molar-refractivity contribution in [3.05, 3.63) is 82.6 Å². The molecule has 0 amide bonds. The average molecular weight is 294 g/mol. The third kappa shape index (κ3) is 5.88. The van der Waals surface area contributed by atoms with Gasteiger partial charge in [-0.25, -0.2) is 8.42 Å². The zero-order valence-corrected chi connectivity index (χ0v) is 11.1. The van der Waals surface area contributed by atoms with Gasteiger partial charge in [-0.2, -0.15) is 0 Å². The minimum atomic E-state index is -3.34. The van der Waals surface area contributed by atoms with Gasteiger partial charge in [0, 0.05) is 10.8 Å². The predicted octanol–water partition coefficient (Wildman–Crippen LogP) is 3.09. The van der Waals surface area contributed by atoms with Gasteiger partial charge < -0.3 is 0 Å². The maximum absolute atomic E-state index is 11.8. The Morgan fingerprint density at radius 1 is 0.650 bits per heavy atom. The summed E-state index contributed by atoms with van der Waals surface area (Å²) in [5, 5.41) is 2.42. The fourth-order valence-electron chi connectivity index (χ4n) is 1.52. The van der Waals surface area contributed by atoms with Gasteiger partial charge in [-0.3, -0.25) is 0 Å². The molecule has 0 aliphatic heterocycles. The molecule has 0 heterocycles. The van der Waals surface area contributed by atoms with E-state index in [9.17, 15) is 8.42 Å². The molecule has 0 spiro atoms. The summed E-state index contributed by atoms with van der Waals surface area (Å²) in [6.45, 7) is 0. The van der Waals surface area contributed by atoms with Crippen LogP contribution in [0.2, 0.25) is 0 Å². The molecular weight excluding hydrogens is 279 g/mol. The van der Waals surface area contributed by atoms with Gasteiger partial charge in [0.1, 0.15) is 0 Å². The van der Waals surface area contributed by atoms with E-state index in [1.807, 2.05) is 60.7 Å². The fourth-order valence-corrected chi connectivity index (χ4v) is 2.30. The second-order valence-corrected chi connectivity index (χ2v) is 5.74. The molecule has 2 aromatic rings. The summed E-state index contributed by atoms with van der Waals surface area (Å²) in [7, 11) is -3.34. The van der Waals surface area contributed by atoms with Gasteiger partial charge in [-0.15, -0.1) is 0 Å². The van der Waals surface area contributed by atoms with Crippen LogP contribution in [0.4, 0.5) is 0 Å². The molecule has 0 fully saturated rings. The molecule has 2 rings (SSSR count). The van der Waals surface area contributed by atoms with Gasteiger partial charge in [-0.1, -0.05) is 60.7 Å². The number of sulfone groups is 1. The molecule has 2 aromatic carbocycles. The third-order valence-electron chi connectivity index (χ3n) is 2.50. The van der Waals surface area contributed by atoms with Crippen LogP contribution in [0.25, 0.3) is 12.2 Å². The molecule has 0 aliphatic rings. The molecule has 4 heteroatoms. The normalized spacial score (nSPS) is 11.6. The molecule has 0 atom stereocenters. The van der Waals surface area contributed by atoms with Crippen LogP contribution in [0, 0.1) is 0 Å². The summed E-state index contributed by atoms with van der Waals surface area (Å²) in [4.78, 5) is 0. The first-order valence-corrected chi connectivity index (χ1v) is 7.48. The van der Waals surface area contributed by atoms with E-state index < -0.39 is 9.84 Å². The molecule has 98 valence electrons. The van der Waals surface area contributed by atoms with Crippen LogP contribution < -0.4 is 0 Å². The Morgan fingerprint density at radius 2 is 1.00 bits per heavy atom. The first kappa shape index (κ1) is 16.9. The first-order valence-electron chi connectivity index (χ1n) is 5.87. The Labute approximate surface area is 142 Å². The molecule has 0 N–H and O–H groups in total. The Balaban J connectivity index is 0.00000200. The quantitative estimate of drug-likeness (QED) is 0.812. The number of rotatable bonds is 4. The van der Waals surface area contributed by atoms with Crippen molar-refractivity contribution in [2.75, 3.05) is 0 Å². The van der Waals surface area contributed by atoms with Crippen LogP contribution in [0.5, 0.6) is 0 Å². The molecule has 0 aromatic heterocycles. The van der Waals surface area contributed by atoms with Crippen LogP contribution in [0.15, 0.2) is 71.5 Å². The van der Waals surface area contributed by atoms with E-state index in [-0.39, 0.29) is 29.6 Å². The van der Waals surface area contributed by atoms with Crippen molar-refractivity contribution < 1.29 is 8.42 Å². The Kier molecular flexibility index (Phi) is 6.96. The zero-order chi connectivity index (χ0) is 13.6. The number of hydrogen-bond donors (Lipinski definition) is 0. The summed E-state index contributed by atoms with van der Waals surface area (Å²) in [6, 6.07) is 18.7. The van der Waals surface area contributed by atoms with E-state index in [1.165, 1.54) is 10.8 Å². The van der Waals surface area contributed by atoms with Gasteiger partial charge in [0.2, 0.25) is 0 Å². The van der Waals surface area contributed by atoms with Crippen molar-refractivity contribution >= 4 is 51.5 Å². The molecule has 0 aliphatic carbocycles. The second kappa shape index (κ2) is 8.22. The van der Waals surface area contributed by atoms with E-state index in [2.05, 4.69) is 0 Å². The third-order valence-corrected chi connectivity index (χ3v) is 3.53. The van der Waals surface area contributed by atoms with Crippen LogP contribution in [-0.2, 0) is 9.84 Å². The van der Waals surface area contributed by atoms with E-state index in [0.717, 1.165) is 11.1 Å². The van der Waals surface area contributed by atoms with Crippen molar-refractivity contribution in [2.45, 2.75) is 0 Å². The Bertz CT molecular complexity index is 619. The topological polar surface area (TPSA) is 34.1 Å². The SMILES string of the molecule is O=S(=O)(C=Cc1ccccc1)C=Cc1ccccc1.[NaH]. The minimum absolute atomic E-state index is 0. The van der Waals surface area contributed by atoms with Crippen molar-refractivity contribution in [1.29, 1.82) is 0 Å². The van der Waals surface area contributed by atoms with Crippen LogP contribution >= 0.6 is 0 Å². The van der Waals surface area contributed by atoms with E-state index >= 15 is 0 Å². The molecule has 0 unspecified atom stereocenters. The van der Waals surface area contributed by atoms with Crippen LogP contribution in [0.3, 0.4) is 0 Å². The first-order chi connectivity index (χ1) is 9.16. The van der Waals surface area contributed by atoms with Crippen LogP contribution in [0.1, 0.15) is 11.1 Å². The van der Waals surface area contributed by atoms with Crippen molar-refractivity contribution in [3.63, 3.8) is 0 Å².